The minimum Gasteiger partial charge on any atom is -0.468 e. The molecular formula is C27H25N5O4. The summed E-state index contributed by atoms with van der Waals surface area (Å²) in [4.78, 5) is 26.3. The van der Waals surface area contributed by atoms with Gasteiger partial charge in [-0.15, -0.1) is 5.10 Å². The van der Waals surface area contributed by atoms with Crippen LogP contribution in [0.15, 0.2) is 101 Å². The van der Waals surface area contributed by atoms with E-state index in [1.54, 1.807) is 10.9 Å². The van der Waals surface area contributed by atoms with Crippen molar-refractivity contribution in [2.24, 2.45) is 0 Å². The van der Waals surface area contributed by atoms with Gasteiger partial charge in [0.25, 0.3) is 5.88 Å². The second-order valence-corrected chi connectivity index (χ2v) is 8.21. The van der Waals surface area contributed by atoms with Gasteiger partial charge in [0.05, 0.1) is 31.4 Å². The third-order valence-corrected chi connectivity index (χ3v) is 5.72. The van der Waals surface area contributed by atoms with Crippen LogP contribution in [0.2, 0.25) is 0 Å². The Bertz CT molecular complexity index is 1560. The van der Waals surface area contributed by atoms with Gasteiger partial charge in [-0.25, -0.2) is 14.0 Å². The third kappa shape index (κ3) is 5.26. The number of hydrogen-bond acceptors (Lipinski definition) is 6. The van der Waals surface area contributed by atoms with Crippen LogP contribution in [0.4, 0.5) is 0 Å². The minimum atomic E-state index is -0.634. The van der Waals surface area contributed by atoms with Crippen LogP contribution in [0, 0.1) is 0 Å². The van der Waals surface area contributed by atoms with E-state index in [1.807, 2.05) is 84.9 Å². The van der Waals surface area contributed by atoms with Crippen LogP contribution in [0.1, 0.15) is 11.1 Å². The highest BCUT2D eigenvalue weighted by molar-refractivity contribution is 5.78. The Kier molecular flexibility index (Phi) is 7.00. The molecule has 0 aliphatic rings. The molecule has 0 atom stereocenters. The lowest BCUT2D eigenvalue weighted by molar-refractivity contribution is 0.0555. The zero-order valence-electron chi connectivity index (χ0n) is 19.6. The molecular weight excluding hydrogens is 458 g/mol. The van der Waals surface area contributed by atoms with Crippen molar-refractivity contribution in [3.05, 3.63) is 123 Å². The molecule has 0 aliphatic carbocycles. The highest BCUT2D eigenvalue weighted by atomic mass is 16.5. The first-order valence-electron chi connectivity index (χ1n) is 11.6. The van der Waals surface area contributed by atoms with Crippen molar-refractivity contribution in [1.29, 1.82) is 0 Å². The molecule has 9 nitrogen and oxygen atoms in total. The minimum absolute atomic E-state index is 0.149. The van der Waals surface area contributed by atoms with Crippen molar-refractivity contribution in [1.82, 2.24) is 24.1 Å². The first-order valence-corrected chi connectivity index (χ1v) is 11.6. The van der Waals surface area contributed by atoms with Gasteiger partial charge < -0.3 is 9.47 Å². The lowest BCUT2D eigenvalue weighted by atomic mass is 10.2. The van der Waals surface area contributed by atoms with Crippen LogP contribution in [0.25, 0.3) is 10.9 Å². The van der Waals surface area contributed by atoms with Gasteiger partial charge in [0.15, 0.2) is 0 Å². The Hall–Kier alpha value is -4.50. The van der Waals surface area contributed by atoms with Gasteiger partial charge in [-0.3, -0.25) is 9.48 Å². The second-order valence-electron chi connectivity index (χ2n) is 8.21. The summed E-state index contributed by atoms with van der Waals surface area (Å²) in [6.45, 7) is 0.777. The van der Waals surface area contributed by atoms with Crippen LogP contribution < -0.4 is 16.0 Å². The average Bonchev–Trinajstić information content (AvgIpc) is 3.34. The summed E-state index contributed by atoms with van der Waals surface area (Å²) in [6, 6.07) is 26.8. The first-order chi connectivity index (χ1) is 17.7. The molecule has 3 aromatic carbocycles. The van der Waals surface area contributed by atoms with Crippen molar-refractivity contribution in [3.8, 4) is 5.88 Å². The van der Waals surface area contributed by atoms with Gasteiger partial charge in [0.2, 0.25) is 0 Å². The molecule has 36 heavy (non-hydrogen) atoms. The summed E-state index contributed by atoms with van der Waals surface area (Å²) in [5, 5.41) is 9.66. The number of para-hydroxylation sites is 1. The topological polar surface area (TPSA) is 93.2 Å². The average molecular weight is 484 g/mol. The van der Waals surface area contributed by atoms with E-state index in [0.717, 1.165) is 26.6 Å². The molecule has 9 heteroatoms. The SMILES string of the molecule is O=c1c(OCc2ccccc2)nn(CCn2ncc3ccccc32)c(=O)n1COCc1ccccc1. The number of rotatable bonds is 10. The number of benzene rings is 3. The Labute approximate surface area is 206 Å². The number of ether oxygens (including phenoxy) is 2. The Morgan fingerprint density at radius 1 is 0.722 bits per heavy atom. The summed E-state index contributed by atoms with van der Waals surface area (Å²) in [5.41, 5.74) is 1.56. The fraction of sp³-hybridized carbons (Fsp3) is 0.185. The maximum absolute atomic E-state index is 13.2. The van der Waals surface area contributed by atoms with Crippen molar-refractivity contribution >= 4 is 10.9 Å². The number of nitrogens with zero attached hydrogens (tertiary/aromatic N) is 5. The summed E-state index contributed by atoms with van der Waals surface area (Å²) >= 11 is 0. The Balaban J connectivity index is 1.40. The maximum Gasteiger partial charge on any atom is 0.349 e. The van der Waals surface area contributed by atoms with E-state index in [1.165, 1.54) is 4.68 Å². The van der Waals surface area contributed by atoms with E-state index in [-0.39, 0.29) is 32.4 Å². The molecule has 0 spiro atoms. The second kappa shape index (κ2) is 10.8. The largest absolute Gasteiger partial charge is 0.468 e. The standard InChI is InChI=1S/C27H25N5O4/c33-26-25(36-19-22-11-5-2-6-12-22)29-32(16-15-31-24-14-8-7-13-23(24)17-28-31)27(34)30(26)20-35-18-21-9-3-1-4-10-21/h1-14,17H,15-16,18-20H2. The van der Waals surface area contributed by atoms with E-state index >= 15 is 0 Å². The van der Waals surface area contributed by atoms with Crippen LogP contribution >= 0.6 is 0 Å². The Morgan fingerprint density at radius 3 is 2.11 bits per heavy atom. The van der Waals surface area contributed by atoms with E-state index < -0.39 is 11.2 Å². The fourth-order valence-corrected chi connectivity index (χ4v) is 3.84. The molecule has 0 saturated heterocycles. The van der Waals surface area contributed by atoms with Crippen molar-refractivity contribution < 1.29 is 9.47 Å². The van der Waals surface area contributed by atoms with E-state index in [2.05, 4.69) is 10.2 Å². The van der Waals surface area contributed by atoms with Crippen molar-refractivity contribution in [2.45, 2.75) is 33.0 Å². The summed E-state index contributed by atoms with van der Waals surface area (Å²) in [7, 11) is 0. The normalized spacial score (nSPS) is 11.1. The lowest BCUT2D eigenvalue weighted by Gasteiger charge is -2.13. The van der Waals surface area contributed by atoms with Gasteiger partial charge in [-0.1, -0.05) is 78.9 Å². The molecule has 2 aromatic heterocycles. The summed E-state index contributed by atoms with van der Waals surface area (Å²) in [5.74, 6) is -0.160. The fourth-order valence-electron chi connectivity index (χ4n) is 3.84. The molecule has 2 heterocycles. The zero-order valence-corrected chi connectivity index (χ0v) is 19.6. The van der Waals surface area contributed by atoms with Gasteiger partial charge in [0.1, 0.15) is 13.3 Å². The molecule has 0 saturated carbocycles. The molecule has 0 bridgehead atoms. The van der Waals surface area contributed by atoms with Crippen LogP contribution in [0.3, 0.4) is 0 Å². The Morgan fingerprint density at radius 2 is 1.36 bits per heavy atom. The van der Waals surface area contributed by atoms with Crippen LogP contribution in [0.5, 0.6) is 5.88 Å². The quantitative estimate of drug-likeness (QED) is 0.303. The van der Waals surface area contributed by atoms with E-state index in [4.69, 9.17) is 9.47 Å². The smallest absolute Gasteiger partial charge is 0.349 e. The van der Waals surface area contributed by atoms with Crippen LogP contribution in [-0.2, 0) is 37.8 Å². The molecule has 0 unspecified atom stereocenters. The van der Waals surface area contributed by atoms with Gasteiger partial charge in [-0.05, 0) is 17.2 Å². The number of fused-ring (bicyclic) bond motifs is 1. The zero-order chi connectivity index (χ0) is 24.7. The maximum atomic E-state index is 13.2. The van der Waals surface area contributed by atoms with Crippen LogP contribution in [-0.4, -0.2) is 24.1 Å². The number of hydrogen-bond donors (Lipinski definition) is 0. The molecule has 0 aliphatic heterocycles. The van der Waals surface area contributed by atoms with Crippen molar-refractivity contribution in [3.63, 3.8) is 0 Å². The van der Waals surface area contributed by atoms with Crippen molar-refractivity contribution in [2.75, 3.05) is 0 Å². The highest BCUT2D eigenvalue weighted by Crippen LogP contribution is 2.12. The number of aromatic nitrogens is 5. The molecule has 0 radical (unpaired) electrons. The molecule has 5 rings (SSSR count). The highest BCUT2D eigenvalue weighted by Gasteiger charge is 2.16. The predicted octanol–water partition coefficient (Wildman–Crippen LogP) is 3.21. The molecule has 182 valence electrons. The van der Waals surface area contributed by atoms with Gasteiger partial charge >= 0.3 is 11.2 Å². The third-order valence-electron chi connectivity index (χ3n) is 5.72. The first kappa shape index (κ1) is 23.3. The predicted molar refractivity (Wildman–Crippen MR) is 134 cm³/mol. The van der Waals surface area contributed by atoms with Gasteiger partial charge in [-0.2, -0.15) is 5.10 Å². The molecule has 0 fully saturated rings. The monoisotopic (exact) mass is 483 g/mol. The summed E-state index contributed by atoms with van der Waals surface area (Å²) in [6.07, 6.45) is 1.78. The molecule has 0 N–H and O–H groups in total. The molecule has 5 aromatic rings. The number of aryl methyl sites for hydroxylation is 2. The lowest BCUT2D eigenvalue weighted by Crippen LogP contribution is -2.43. The molecule has 0 amide bonds. The van der Waals surface area contributed by atoms with E-state index in [0.29, 0.717) is 6.54 Å². The summed E-state index contributed by atoms with van der Waals surface area (Å²) < 4.78 is 15.5. The van der Waals surface area contributed by atoms with Gasteiger partial charge in [0, 0.05) is 5.39 Å². The van der Waals surface area contributed by atoms with E-state index in [9.17, 15) is 9.59 Å².